The number of carbonyl (C=O) groups is 5. The van der Waals surface area contributed by atoms with E-state index in [0.717, 1.165) is 26.3 Å². The molecular formula is C19H21N7O7S2. The zero-order valence-electron chi connectivity index (χ0n) is 18.6. The number of thiazole rings is 1. The Kier molecular flexibility index (Phi) is 6.42. The molecule has 0 aromatic carbocycles. The van der Waals surface area contributed by atoms with Crippen LogP contribution >= 0.6 is 23.1 Å². The van der Waals surface area contributed by atoms with Gasteiger partial charge in [0.15, 0.2) is 11.2 Å². The zero-order chi connectivity index (χ0) is 25.6. The van der Waals surface area contributed by atoms with Crippen LogP contribution in [0, 0.1) is 5.41 Å². The number of carboxylic acid groups (broad SMARTS) is 1. The van der Waals surface area contributed by atoms with Gasteiger partial charge in [-0.3, -0.25) is 24.7 Å². The van der Waals surface area contributed by atoms with E-state index in [1.165, 1.54) is 36.0 Å². The van der Waals surface area contributed by atoms with Gasteiger partial charge in [0.05, 0.1) is 6.54 Å². The van der Waals surface area contributed by atoms with Gasteiger partial charge >= 0.3 is 18.0 Å². The van der Waals surface area contributed by atoms with E-state index in [2.05, 4.69) is 4.98 Å². The number of amides is 4. The van der Waals surface area contributed by atoms with E-state index < -0.39 is 46.9 Å². The molecule has 16 heteroatoms. The molecule has 2 fully saturated rings. The van der Waals surface area contributed by atoms with Crippen LogP contribution < -0.4 is 5.73 Å². The smallest absolute Gasteiger partial charge is 0.352 e. The Morgan fingerprint density at radius 2 is 2.06 bits per heavy atom. The summed E-state index contributed by atoms with van der Waals surface area (Å²) < 4.78 is 4.93. The van der Waals surface area contributed by atoms with Crippen molar-refractivity contribution in [3.05, 3.63) is 22.3 Å². The molecule has 0 radical (unpaired) electrons. The fourth-order valence-electron chi connectivity index (χ4n) is 3.90. The molecule has 4 rings (SSSR count). The van der Waals surface area contributed by atoms with Crippen molar-refractivity contribution in [3.8, 4) is 0 Å². The minimum absolute atomic E-state index is 0.00258. The number of likely N-dealkylation sites (N-methyl/N-ethyl adjacent to an activating group) is 1. The van der Waals surface area contributed by atoms with E-state index in [9.17, 15) is 29.1 Å². The number of nitrogen functional groups attached to an aromatic ring is 1. The van der Waals surface area contributed by atoms with Crippen LogP contribution in [0.15, 0.2) is 16.7 Å². The number of aliphatic carboxylic acids is 1. The van der Waals surface area contributed by atoms with Gasteiger partial charge in [0.25, 0.3) is 11.8 Å². The summed E-state index contributed by atoms with van der Waals surface area (Å²) in [6, 6.07) is -1.77. The number of hydrogen-bond acceptors (Lipinski definition) is 11. The van der Waals surface area contributed by atoms with E-state index in [1.54, 1.807) is 0 Å². The van der Waals surface area contributed by atoms with E-state index in [0.29, 0.717) is 0 Å². The molecule has 4 N–H and O–H groups in total. The van der Waals surface area contributed by atoms with Crippen molar-refractivity contribution in [2.45, 2.75) is 18.3 Å². The van der Waals surface area contributed by atoms with E-state index in [4.69, 9.17) is 15.9 Å². The average molecular weight is 524 g/mol. The van der Waals surface area contributed by atoms with Crippen LogP contribution in [-0.2, 0) is 23.9 Å². The highest BCUT2D eigenvalue weighted by molar-refractivity contribution is 8.00. The minimum atomic E-state index is -1.38. The Morgan fingerprint density at radius 3 is 2.60 bits per heavy atom. The second-order valence-corrected chi connectivity index (χ2v) is 9.81. The third-order valence-corrected chi connectivity index (χ3v) is 7.59. The van der Waals surface area contributed by atoms with Gasteiger partial charge in [-0.25, -0.2) is 24.6 Å². The SMILES string of the molecule is CC(=O)OCC1=C(C(=O)O)N2C(=O)C(N(C(=O)C(=N)c3csc(N)n3)N3CCN(C)C3=O)[C@H]2SC1. The van der Waals surface area contributed by atoms with Crippen molar-refractivity contribution < 1.29 is 33.8 Å². The summed E-state index contributed by atoms with van der Waals surface area (Å²) in [6.07, 6.45) is 0. The number of carboxylic acids is 1. The normalized spacial score (nSPS) is 21.6. The van der Waals surface area contributed by atoms with Gasteiger partial charge in [-0.15, -0.1) is 23.1 Å². The molecule has 186 valence electrons. The van der Waals surface area contributed by atoms with E-state index in [-0.39, 0.29) is 47.5 Å². The molecule has 2 saturated heterocycles. The van der Waals surface area contributed by atoms with Gasteiger partial charge in [0.1, 0.15) is 29.1 Å². The molecule has 35 heavy (non-hydrogen) atoms. The first-order valence-corrected chi connectivity index (χ1v) is 12.1. The van der Waals surface area contributed by atoms with Crippen LogP contribution in [0.5, 0.6) is 0 Å². The zero-order valence-corrected chi connectivity index (χ0v) is 20.2. The first-order valence-electron chi connectivity index (χ1n) is 10.2. The van der Waals surface area contributed by atoms with Gasteiger partial charge in [-0.05, 0) is 0 Å². The molecular weight excluding hydrogens is 502 g/mol. The number of nitrogens with two attached hydrogens (primary N) is 1. The summed E-state index contributed by atoms with van der Waals surface area (Å²) in [7, 11) is 1.54. The standard InChI is InChI=1S/C19H21N7O7S2/c1-8(27)33-5-9-6-34-16-13(15(29)25(16)12(9)17(30)31)26(24-4-3-23(2)19(24)32)14(28)11(20)10-7-35-18(21)22-10/h7,13,16,20H,3-6H2,1-2H3,(H2,21,22)(H,30,31)/t13?,16-/m1/s1. The second-order valence-electron chi connectivity index (χ2n) is 7.82. The maximum atomic E-state index is 13.5. The number of anilines is 1. The Morgan fingerprint density at radius 1 is 1.34 bits per heavy atom. The number of esters is 1. The molecule has 1 aromatic heterocycles. The monoisotopic (exact) mass is 523 g/mol. The van der Waals surface area contributed by atoms with Crippen LogP contribution in [0.3, 0.4) is 0 Å². The van der Waals surface area contributed by atoms with Crippen LogP contribution in [0.1, 0.15) is 12.6 Å². The number of β-lactam (4-membered cyclic amide) rings is 1. The maximum absolute atomic E-state index is 13.5. The molecule has 3 aliphatic rings. The summed E-state index contributed by atoms with van der Waals surface area (Å²) in [5.41, 5.74) is 4.97. The summed E-state index contributed by atoms with van der Waals surface area (Å²) in [5, 5.41) is 20.9. The summed E-state index contributed by atoms with van der Waals surface area (Å²) >= 11 is 2.20. The van der Waals surface area contributed by atoms with Gasteiger partial charge in [0, 0.05) is 37.2 Å². The van der Waals surface area contributed by atoms with E-state index >= 15 is 0 Å². The molecule has 14 nitrogen and oxygen atoms in total. The number of carbonyl (C=O) groups excluding carboxylic acids is 4. The summed E-state index contributed by atoms with van der Waals surface area (Å²) in [4.78, 5) is 69.0. The lowest BCUT2D eigenvalue weighted by atomic mass is 10.0. The highest BCUT2D eigenvalue weighted by Crippen LogP contribution is 2.43. The third-order valence-electron chi connectivity index (χ3n) is 5.59. The molecule has 1 unspecified atom stereocenters. The molecule has 2 atom stereocenters. The lowest BCUT2D eigenvalue weighted by Gasteiger charge is -2.53. The fourth-order valence-corrected chi connectivity index (χ4v) is 5.82. The van der Waals surface area contributed by atoms with Crippen molar-refractivity contribution in [2.75, 3.05) is 38.2 Å². The second kappa shape index (κ2) is 9.18. The Labute approximate surface area is 206 Å². The Bertz CT molecular complexity index is 1180. The largest absolute Gasteiger partial charge is 0.477 e. The van der Waals surface area contributed by atoms with Crippen LogP contribution in [0.2, 0.25) is 0 Å². The third kappa shape index (κ3) is 4.18. The topological polar surface area (TPSA) is 191 Å². The first kappa shape index (κ1) is 24.5. The van der Waals surface area contributed by atoms with Crippen LogP contribution in [0.25, 0.3) is 0 Å². The Balaban J connectivity index is 1.68. The quantitative estimate of drug-likeness (QED) is 0.236. The number of nitrogens with one attached hydrogen (secondary N) is 1. The molecule has 0 bridgehead atoms. The first-order chi connectivity index (χ1) is 16.5. The number of ether oxygens (including phenoxy) is 1. The average Bonchev–Trinajstić information content (AvgIpc) is 3.39. The predicted octanol–water partition coefficient (Wildman–Crippen LogP) is -0.610. The molecule has 0 spiro atoms. The van der Waals surface area contributed by atoms with Gasteiger partial charge in [-0.1, -0.05) is 0 Å². The lowest BCUT2D eigenvalue weighted by Crippen LogP contribution is -2.74. The van der Waals surface area contributed by atoms with Crippen molar-refractivity contribution in [1.29, 1.82) is 5.41 Å². The van der Waals surface area contributed by atoms with Gasteiger partial charge in [-0.2, -0.15) is 0 Å². The van der Waals surface area contributed by atoms with Crippen LogP contribution in [-0.4, -0.2) is 109 Å². The van der Waals surface area contributed by atoms with Crippen molar-refractivity contribution in [3.63, 3.8) is 0 Å². The molecule has 4 amide bonds. The molecule has 3 aliphatic heterocycles. The number of thioether (sulfide) groups is 1. The Hall–Kier alpha value is -3.66. The van der Waals surface area contributed by atoms with E-state index in [1.807, 2.05) is 0 Å². The number of rotatable bonds is 7. The summed E-state index contributed by atoms with van der Waals surface area (Å²) in [6.45, 7) is 1.27. The maximum Gasteiger partial charge on any atom is 0.352 e. The van der Waals surface area contributed by atoms with Gasteiger partial charge < -0.3 is 20.5 Å². The number of aromatic nitrogens is 1. The molecule has 0 aliphatic carbocycles. The van der Waals surface area contributed by atoms with Crippen molar-refractivity contribution >= 4 is 63.7 Å². The molecule has 4 heterocycles. The molecule has 0 saturated carbocycles. The number of urea groups is 1. The highest BCUT2D eigenvalue weighted by Gasteiger charge is 2.59. The number of fused-ring (bicyclic) bond motifs is 1. The number of hydrogen-bond donors (Lipinski definition) is 3. The highest BCUT2D eigenvalue weighted by atomic mass is 32.2. The fraction of sp³-hybridized carbons (Fsp3) is 0.421. The number of hydrazine groups is 1. The summed E-state index contributed by atoms with van der Waals surface area (Å²) in [5.74, 6) is -3.54. The van der Waals surface area contributed by atoms with Crippen molar-refractivity contribution in [2.24, 2.45) is 0 Å². The van der Waals surface area contributed by atoms with Gasteiger partial charge in [0.2, 0.25) is 0 Å². The molecule has 1 aromatic rings. The van der Waals surface area contributed by atoms with Crippen LogP contribution in [0.4, 0.5) is 9.93 Å². The lowest BCUT2D eigenvalue weighted by molar-refractivity contribution is -0.169. The predicted molar refractivity (Wildman–Crippen MR) is 123 cm³/mol. The number of nitrogens with zero attached hydrogens (tertiary/aromatic N) is 5. The minimum Gasteiger partial charge on any atom is -0.477 e. The van der Waals surface area contributed by atoms with Crippen molar-refractivity contribution in [1.82, 2.24) is 24.8 Å².